The van der Waals surface area contributed by atoms with E-state index in [0.717, 1.165) is 38.0 Å². The second-order valence-corrected chi connectivity index (χ2v) is 10.5. The molecule has 5 nitrogen and oxygen atoms in total. The van der Waals surface area contributed by atoms with Crippen LogP contribution in [0.1, 0.15) is 23.1 Å². The van der Waals surface area contributed by atoms with Gasteiger partial charge in [-0.1, -0.05) is 72.8 Å². The number of phenols is 1. The smallest absolute Gasteiger partial charge is 0.240 e. The number of benzene rings is 3. The summed E-state index contributed by atoms with van der Waals surface area (Å²) >= 11 is 0. The van der Waals surface area contributed by atoms with Crippen LogP contribution in [-0.4, -0.2) is 40.6 Å². The topological polar surface area (TPSA) is 64.6 Å². The maximum atomic E-state index is 14.0. The first kappa shape index (κ1) is 22.3. The number of carbonyl (C=O) groups is 1. The number of fused-ring (bicyclic) bond motifs is 1. The van der Waals surface area contributed by atoms with E-state index in [1.807, 2.05) is 30.3 Å². The van der Waals surface area contributed by atoms with Crippen molar-refractivity contribution in [1.29, 1.82) is 0 Å². The quantitative estimate of drug-likeness (QED) is 0.496. The van der Waals surface area contributed by atoms with Crippen molar-refractivity contribution in [2.75, 3.05) is 13.1 Å². The summed E-state index contributed by atoms with van der Waals surface area (Å²) in [5.74, 6) is 1.71. The summed E-state index contributed by atoms with van der Waals surface area (Å²) in [5, 5.41) is 16.8. The van der Waals surface area contributed by atoms with E-state index in [-0.39, 0.29) is 11.8 Å². The molecule has 0 radical (unpaired) electrons. The van der Waals surface area contributed by atoms with Crippen LogP contribution < -0.4 is 10.6 Å². The summed E-state index contributed by atoms with van der Waals surface area (Å²) in [5.41, 5.74) is 3.06. The normalized spacial score (nSPS) is 29.3. The zero-order valence-corrected chi connectivity index (χ0v) is 19.9. The number of piperidine rings is 2. The number of nitrogens with zero attached hydrogens (tertiary/aromatic N) is 1. The van der Waals surface area contributed by atoms with Crippen molar-refractivity contribution in [3.63, 3.8) is 0 Å². The van der Waals surface area contributed by atoms with Crippen molar-refractivity contribution in [1.82, 2.24) is 15.5 Å². The number of phenolic OH excluding ortho intramolecular Hbond substituents is 1. The van der Waals surface area contributed by atoms with Crippen LogP contribution in [0.4, 0.5) is 0 Å². The lowest BCUT2D eigenvalue weighted by molar-refractivity contribution is -0.138. The molecule has 3 N–H and O–H groups in total. The molecule has 4 bridgehead atoms. The van der Waals surface area contributed by atoms with Gasteiger partial charge >= 0.3 is 0 Å². The molecule has 3 aliphatic heterocycles. The highest BCUT2D eigenvalue weighted by molar-refractivity contribution is 5.87. The first-order valence-corrected chi connectivity index (χ1v) is 12.8. The van der Waals surface area contributed by atoms with Crippen LogP contribution in [0.25, 0.3) is 0 Å². The van der Waals surface area contributed by atoms with Crippen molar-refractivity contribution in [3.05, 3.63) is 102 Å². The second kappa shape index (κ2) is 9.14. The molecule has 5 atom stereocenters. The van der Waals surface area contributed by atoms with Gasteiger partial charge in [0.05, 0.1) is 0 Å². The van der Waals surface area contributed by atoms with E-state index in [9.17, 15) is 9.90 Å². The molecule has 7 rings (SSSR count). The fourth-order valence-corrected chi connectivity index (χ4v) is 6.97. The van der Waals surface area contributed by atoms with Gasteiger partial charge in [0.2, 0.25) is 5.91 Å². The Morgan fingerprint density at radius 3 is 2.34 bits per heavy atom. The Labute approximate surface area is 207 Å². The summed E-state index contributed by atoms with van der Waals surface area (Å²) in [6.45, 7) is 3.32. The lowest BCUT2D eigenvalue weighted by Gasteiger charge is -2.56. The minimum Gasteiger partial charge on any atom is -0.508 e. The van der Waals surface area contributed by atoms with Crippen LogP contribution in [-0.2, 0) is 24.3 Å². The predicted octanol–water partition coefficient (Wildman–Crippen LogP) is 3.73. The highest BCUT2D eigenvalue weighted by atomic mass is 16.3. The van der Waals surface area contributed by atoms with Gasteiger partial charge < -0.3 is 15.7 Å². The minimum absolute atomic E-state index is 0.141. The SMILES string of the molecule is O=C(NCc1ccccc1)[C@@]12C[C@@H]3CN(Cc4ccc(O)cc4)[C@@H]([C@@H]3CN1)[C@H]2Cc1ccccc1. The van der Waals surface area contributed by atoms with Gasteiger partial charge in [0, 0.05) is 38.1 Å². The van der Waals surface area contributed by atoms with E-state index < -0.39 is 5.54 Å². The van der Waals surface area contributed by atoms with Crippen LogP contribution in [0.3, 0.4) is 0 Å². The standard InChI is InChI=1S/C30H33N3O2/c34-25-13-11-23(12-14-25)19-33-20-24-16-30(29(35)31-17-22-9-5-2-6-10-22)27(28(33)26(24)18-32-30)15-21-7-3-1-4-8-21/h1-14,24,26-28,32,34H,15-20H2,(H,31,35)/t24-,26-,27-,28+,30+/m1/s1. The fraction of sp³-hybridized carbons (Fsp3) is 0.367. The maximum absolute atomic E-state index is 14.0. The number of likely N-dealkylation sites (tertiary alicyclic amines) is 1. The molecule has 0 unspecified atom stereocenters. The molecule has 3 aromatic rings. The number of amides is 1. The first-order valence-electron chi connectivity index (χ1n) is 12.8. The molecule has 4 fully saturated rings. The minimum atomic E-state index is -0.557. The molecule has 3 heterocycles. The van der Waals surface area contributed by atoms with E-state index >= 15 is 0 Å². The average Bonchev–Trinajstić information content (AvgIpc) is 3.19. The largest absolute Gasteiger partial charge is 0.508 e. The summed E-state index contributed by atoms with van der Waals surface area (Å²) in [6, 6.07) is 28.7. The summed E-state index contributed by atoms with van der Waals surface area (Å²) < 4.78 is 0. The maximum Gasteiger partial charge on any atom is 0.240 e. The molecule has 1 saturated carbocycles. The Morgan fingerprint density at radius 1 is 0.943 bits per heavy atom. The predicted molar refractivity (Wildman–Crippen MR) is 137 cm³/mol. The lowest BCUT2D eigenvalue weighted by atomic mass is 9.58. The van der Waals surface area contributed by atoms with Gasteiger partial charge in [0.25, 0.3) is 0 Å². The molecule has 35 heavy (non-hydrogen) atoms. The molecule has 0 spiro atoms. The number of carbonyl (C=O) groups excluding carboxylic acids is 1. The molecule has 5 heteroatoms. The van der Waals surface area contributed by atoms with Crippen LogP contribution in [0.5, 0.6) is 5.75 Å². The number of nitrogens with one attached hydrogen (secondary N) is 2. The molecule has 1 amide bonds. The number of aromatic hydroxyl groups is 1. The van der Waals surface area contributed by atoms with Crippen LogP contribution in [0.2, 0.25) is 0 Å². The summed E-state index contributed by atoms with van der Waals surface area (Å²) in [7, 11) is 0. The Balaban J connectivity index is 1.30. The van der Waals surface area contributed by atoms with Crippen LogP contribution in [0, 0.1) is 17.8 Å². The van der Waals surface area contributed by atoms with Crippen molar-refractivity contribution >= 4 is 5.91 Å². The van der Waals surface area contributed by atoms with E-state index in [4.69, 9.17) is 0 Å². The van der Waals surface area contributed by atoms with Gasteiger partial charge in [-0.15, -0.1) is 0 Å². The Kier molecular flexibility index (Phi) is 5.83. The van der Waals surface area contributed by atoms with Gasteiger partial charge in [-0.25, -0.2) is 0 Å². The third-order valence-electron chi connectivity index (χ3n) is 8.54. The Hall–Kier alpha value is -3.15. The first-order chi connectivity index (χ1) is 17.1. The number of rotatable bonds is 7. The molecule has 180 valence electrons. The zero-order chi connectivity index (χ0) is 23.8. The molecule has 4 aliphatic rings. The van der Waals surface area contributed by atoms with Crippen LogP contribution >= 0.6 is 0 Å². The highest BCUT2D eigenvalue weighted by Crippen LogP contribution is 2.53. The summed E-state index contributed by atoms with van der Waals surface area (Å²) in [4.78, 5) is 16.6. The third-order valence-corrected chi connectivity index (χ3v) is 8.54. The monoisotopic (exact) mass is 467 g/mol. The average molecular weight is 468 g/mol. The lowest BCUT2D eigenvalue weighted by Crippen LogP contribution is -2.74. The second-order valence-electron chi connectivity index (χ2n) is 10.5. The molecular formula is C30H33N3O2. The van der Waals surface area contributed by atoms with Gasteiger partial charge in [-0.2, -0.15) is 0 Å². The highest BCUT2D eigenvalue weighted by Gasteiger charge is 2.64. The third kappa shape index (κ3) is 4.13. The van der Waals surface area contributed by atoms with Crippen molar-refractivity contribution in [2.24, 2.45) is 17.8 Å². The van der Waals surface area contributed by atoms with E-state index in [1.165, 1.54) is 11.1 Å². The van der Waals surface area contributed by atoms with Gasteiger partial charge in [-0.05, 0) is 53.5 Å². The fourth-order valence-electron chi connectivity index (χ4n) is 6.97. The Bertz CT molecular complexity index is 1170. The molecule has 1 aliphatic carbocycles. The molecule has 3 saturated heterocycles. The molecular weight excluding hydrogens is 434 g/mol. The molecule has 3 aromatic carbocycles. The zero-order valence-electron chi connectivity index (χ0n) is 19.9. The number of hydrogen-bond donors (Lipinski definition) is 3. The van der Waals surface area contributed by atoms with Crippen molar-refractivity contribution < 1.29 is 9.90 Å². The molecule has 0 aromatic heterocycles. The van der Waals surface area contributed by atoms with Gasteiger partial charge in [-0.3, -0.25) is 9.69 Å². The van der Waals surface area contributed by atoms with Crippen molar-refractivity contribution in [2.45, 2.75) is 37.5 Å². The van der Waals surface area contributed by atoms with Gasteiger partial charge in [0.15, 0.2) is 0 Å². The number of hydrogen-bond acceptors (Lipinski definition) is 4. The van der Waals surface area contributed by atoms with E-state index in [2.05, 4.69) is 58.0 Å². The van der Waals surface area contributed by atoms with E-state index in [0.29, 0.717) is 30.2 Å². The van der Waals surface area contributed by atoms with E-state index in [1.54, 1.807) is 12.1 Å². The van der Waals surface area contributed by atoms with Crippen molar-refractivity contribution in [3.8, 4) is 5.75 Å². The van der Waals surface area contributed by atoms with Crippen LogP contribution in [0.15, 0.2) is 84.9 Å². The van der Waals surface area contributed by atoms with Gasteiger partial charge in [0.1, 0.15) is 11.3 Å². The summed E-state index contributed by atoms with van der Waals surface area (Å²) in [6.07, 6.45) is 1.77. The Morgan fingerprint density at radius 2 is 1.63 bits per heavy atom.